The summed E-state index contributed by atoms with van der Waals surface area (Å²) in [5.41, 5.74) is 1.67. The fourth-order valence-corrected chi connectivity index (χ4v) is 4.31. The number of nitrogens with one attached hydrogen (secondary N) is 1. The van der Waals surface area contributed by atoms with Crippen LogP contribution in [0.3, 0.4) is 0 Å². The van der Waals surface area contributed by atoms with Gasteiger partial charge in [-0.3, -0.25) is 4.79 Å². The highest BCUT2D eigenvalue weighted by atomic mass is 32.2. The average molecular weight is 324 g/mol. The summed E-state index contributed by atoms with van der Waals surface area (Å²) in [6.07, 6.45) is 0.718. The van der Waals surface area contributed by atoms with Crippen molar-refractivity contribution in [3.8, 4) is 0 Å². The van der Waals surface area contributed by atoms with Gasteiger partial charge in [0.25, 0.3) is 0 Å². The Morgan fingerprint density at radius 1 is 1.32 bits per heavy atom. The van der Waals surface area contributed by atoms with Crippen LogP contribution in [0.25, 0.3) is 0 Å². The minimum Gasteiger partial charge on any atom is -0.314 e. The summed E-state index contributed by atoms with van der Waals surface area (Å²) in [6.45, 7) is 9.26. The van der Waals surface area contributed by atoms with Crippen molar-refractivity contribution < 1.29 is 13.2 Å². The lowest BCUT2D eigenvalue weighted by Gasteiger charge is -2.18. The normalized spacial score (nSPS) is 18.5. The molecule has 1 aromatic carbocycles. The maximum atomic E-state index is 12.5. The molecule has 0 unspecified atom stereocenters. The highest BCUT2D eigenvalue weighted by Gasteiger charge is 2.43. The maximum absolute atomic E-state index is 12.5. The Bertz CT molecular complexity index is 723. The van der Waals surface area contributed by atoms with Gasteiger partial charge in [0.2, 0.25) is 15.9 Å². The molecule has 1 atom stereocenters. The van der Waals surface area contributed by atoms with Crippen molar-refractivity contribution in [3.05, 3.63) is 23.3 Å². The molecule has 1 aromatic rings. The first-order chi connectivity index (χ1) is 10.0. The van der Waals surface area contributed by atoms with Crippen molar-refractivity contribution in [2.75, 3.05) is 11.9 Å². The van der Waals surface area contributed by atoms with Gasteiger partial charge in [0.05, 0.1) is 16.0 Å². The molecule has 0 saturated heterocycles. The van der Waals surface area contributed by atoms with Gasteiger partial charge in [-0.1, -0.05) is 6.92 Å². The molecule has 2 rings (SSSR count). The Morgan fingerprint density at radius 2 is 1.91 bits per heavy atom. The Balaban J connectivity index is 2.59. The molecule has 0 radical (unpaired) electrons. The summed E-state index contributed by atoms with van der Waals surface area (Å²) in [5.74, 6) is -0.0185. The minimum absolute atomic E-state index is 0.0185. The van der Waals surface area contributed by atoms with Crippen LogP contribution < -0.4 is 9.62 Å². The van der Waals surface area contributed by atoms with Crippen LogP contribution in [-0.2, 0) is 20.2 Å². The van der Waals surface area contributed by atoms with Crippen LogP contribution in [0.1, 0.15) is 45.2 Å². The van der Waals surface area contributed by atoms with Gasteiger partial charge in [-0.05, 0) is 57.4 Å². The van der Waals surface area contributed by atoms with Crippen LogP contribution in [-0.4, -0.2) is 27.4 Å². The fourth-order valence-electron chi connectivity index (χ4n) is 2.88. The van der Waals surface area contributed by atoms with E-state index >= 15 is 0 Å². The van der Waals surface area contributed by atoms with Gasteiger partial charge in [-0.25, -0.2) is 13.1 Å². The van der Waals surface area contributed by atoms with Crippen molar-refractivity contribution in [3.63, 3.8) is 0 Å². The summed E-state index contributed by atoms with van der Waals surface area (Å²) in [4.78, 5) is 14.2. The molecule has 22 heavy (non-hydrogen) atoms. The van der Waals surface area contributed by atoms with Crippen LogP contribution >= 0.6 is 0 Å². The van der Waals surface area contributed by atoms with E-state index in [2.05, 4.69) is 4.72 Å². The van der Waals surface area contributed by atoms with Crippen molar-refractivity contribution in [1.82, 2.24) is 4.72 Å². The summed E-state index contributed by atoms with van der Waals surface area (Å²) in [5, 5.41) is 0. The molecule has 0 bridgehead atoms. The standard InChI is InChI=1S/C16H24N2O3S/c1-7-11(3)17-22(20,21)12-8-10(2)14-13(9-12)16(4,5)15(19)18(14)6/h8-9,11,17H,7H2,1-6H3/t11-/m0/s1. The molecule has 1 amide bonds. The predicted molar refractivity (Wildman–Crippen MR) is 87.7 cm³/mol. The molecule has 0 aliphatic carbocycles. The van der Waals surface area contributed by atoms with Gasteiger partial charge in [0.15, 0.2) is 0 Å². The molecular weight excluding hydrogens is 300 g/mol. The number of hydrogen-bond acceptors (Lipinski definition) is 3. The summed E-state index contributed by atoms with van der Waals surface area (Å²) in [6, 6.07) is 3.14. The molecule has 0 aromatic heterocycles. The molecule has 5 nitrogen and oxygen atoms in total. The number of benzene rings is 1. The number of likely N-dealkylation sites (N-methyl/N-ethyl adjacent to an activating group) is 1. The maximum Gasteiger partial charge on any atom is 0.240 e. The smallest absolute Gasteiger partial charge is 0.240 e. The first kappa shape index (κ1) is 17.0. The minimum atomic E-state index is -3.58. The topological polar surface area (TPSA) is 66.5 Å². The molecule has 1 aliphatic heterocycles. The molecule has 6 heteroatoms. The Labute approximate surface area is 132 Å². The van der Waals surface area contributed by atoms with Gasteiger partial charge in [0, 0.05) is 13.1 Å². The fraction of sp³-hybridized carbons (Fsp3) is 0.562. The SMILES string of the molecule is CC[C@H](C)NS(=O)(=O)c1cc(C)c2c(c1)C(C)(C)C(=O)N2C. The number of nitrogens with zero attached hydrogens (tertiary/aromatic N) is 1. The van der Waals surface area contributed by atoms with E-state index in [1.165, 1.54) is 0 Å². The van der Waals surface area contributed by atoms with Crippen LogP contribution in [0, 0.1) is 6.92 Å². The summed E-state index contributed by atoms with van der Waals surface area (Å²) in [7, 11) is -1.85. The average Bonchev–Trinajstić information content (AvgIpc) is 2.60. The van der Waals surface area contributed by atoms with Crippen LogP contribution in [0.2, 0.25) is 0 Å². The molecule has 1 heterocycles. The largest absolute Gasteiger partial charge is 0.314 e. The van der Waals surface area contributed by atoms with E-state index in [-0.39, 0.29) is 16.8 Å². The van der Waals surface area contributed by atoms with E-state index in [0.29, 0.717) is 0 Å². The van der Waals surface area contributed by atoms with Crippen LogP contribution in [0.15, 0.2) is 17.0 Å². The van der Waals surface area contributed by atoms with Gasteiger partial charge >= 0.3 is 0 Å². The third-order valence-corrected chi connectivity index (χ3v) is 5.97. The third-order valence-electron chi connectivity index (χ3n) is 4.40. The van der Waals surface area contributed by atoms with E-state index in [9.17, 15) is 13.2 Å². The zero-order chi connectivity index (χ0) is 16.9. The second-order valence-corrected chi connectivity index (χ2v) is 8.27. The van der Waals surface area contributed by atoms with E-state index < -0.39 is 15.4 Å². The number of hydrogen-bond donors (Lipinski definition) is 1. The number of rotatable bonds is 4. The van der Waals surface area contributed by atoms with E-state index in [0.717, 1.165) is 23.2 Å². The molecule has 122 valence electrons. The van der Waals surface area contributed by atoms with E-state index in [4.69, 9.17) is 0 Å². The Kier molecular flexibility index (Phi) is 4.13. The summed E-state index contributed by atoms with van der Waals surface area (Å²) >= 11 is 0. The van der Waals surface area contributed by atoms with E-state index in [1.807, 2.05) is 34.6 Å². The lowest BCUT2D eigenvalue weighted by molar-refractivity contribution is -0.121. The lowest BCUT2D eigenvalue weighted by atomic mass is 9.85. The Morgan fingerprint density at radius 3 is 2.45 bits per heavy atom. The lowest BCUT2D eigenvalue weighted by Crippen LogP contribution is -2.33. The number of anilines is 1. The quantitative estimate of drug-likeness (QED) is 0.924. The number of amides is 1. The predicted octanol–water partition coefficient (Wildman–Crippen LogP) is 2.33. The van der Waals surface area contributed by atoms with Gasteiger partial charge in [-0.2, -0.15) is 0 Å². The highest BCUT2D eigenvalue weighted by Crippen LogP contribution is 2.43. The van der Waals surface area contributed by atoms with Crippen molar-refractivity contribution in [1.29, 1.82) is 0 Å². The first-order valence-corrected chi connectivity index (χ1v) is 8.96. The number of carbonyl (C=O) groups excluding carboxylic acids is 1. The number of sulfonamides is 1. The zero-order valence-electron chi connectivity index (χ0n) is 14.0. The second-order valence-electron chi connectivity index (χ2n) is 6.56. The summed E-state index contributed by atoms with van der Waals surface area (Å²) < 4.78 is 27.7. The Hall–Kier alpha value is -1.40. The second kappa shape index (κ2) is 5.35. The molecular formula is C16H24N2O3S. The van der Waals surface area contributed by atoms with Crippen molar-refractivity contribution in [2.24, 2.45) is 0 Å². The number of fused-ring (bicyclic) bond motifs is 1. The van der Waals surface area contributed by atoms with Gasteiger partial charge in [-0.15, -0.1) is 0 Å². The molecule has 0 spiro atoms. The number of carbonyl (C=O) groups is 1. The monoisotopic (exact) mass is 324 g/mol. The molecule has 0 saturated carbocycles. The van der Waals surface area contributed by atoms with Gasteiger partial charge < -0.3 is 4.90 Å². The molecule has 1 aliphatic rings. The van der Waals surface area contributed by atoms with E-state index in [1.54, 1.807) is 24.1 Å². The van der Waals surface area contributed by atoms with Crippen LogP contribution in [0.5, 0.6) is 0 Å². The molecule has 1 N–H and O–H groups in total. The highest BCUT2D eigenvalue weighted by molar-refractivity contribution is 7.89. The number of aryl methyl sites for hydroxylation is 1. The first-order valence-electron chi connectivity index (χ1n) is 7.48. The zero-order valence-corrected chi connectivity index (χ0v) is 14.8. The van der Waals surface area contributed by atoms with Gasteiger partial charge in [0.1, 0.15) is 0 Å². The third kappa shape index (κ3) is 2.54. The van der Waals surface area contributed by atoms with Crippen molar-refractivity contribution >= 4 is 21.6 Å². The molecule has 0 fully saturated rings. The van der Waals surface area contributed by atoms with Crippen LogP contribution in [0.4, 0.5) is 5.69 Å². The van der Waals surface area contributed by atoms with Crippen molar-refractivity contribution in [2.45, 2.75) is 57.4 Å².